The Morgan fingerprint density at radius 2 is 2.06 bits per heavy atom. The van der Waals surface area contributed by atoms with Crippen LogP contribution in [0.4, 0.5) is 0 Å². The van der Waals surface area contributed by atoms with E-state index >= 15 is 0 Å². The zero-order chi connectivity index (χ0) is 12.4. The minimum atomic E-state index is 0.806. The number of hydrogen-bond acceptors (Lipinski definition) is 2. The Morgan fingerprint density at radius 1 is 1.29 bits per heavy atom. The summed E-state index contributed by atoms with van der Waals surface area (Å²) in [5, 5.41) is 4.59. The normalized spacial score (nSPS) is 11.3. The van der Waals surface area contributed by atoms with Crippen LogP contribution in [0.3, 0.4) is 0 Å². The van der Waals surface area contributed by atoms with Crippen LogP contribution in [-0.2, 0) is 6.54 Å². The van der Waals surface area contributed by atoms with Gasteiger partial charge in [-0.15, -0.1) is 0 Å². The molecule has 0 amide bonds. The predicted octanol–water partition coefficient (Wildman–Crippen LogP) is 4.31. The van der Waals surface area contributed by atoms with Gasteiger partial charge in [0.05, 0.1) is 6.54 Å². The van der Waals surface area contributed by atoms with Crippen LogP contribution in [0.1, 0.15) is 30.2 Å². The molecule has 0 fully saturated rings. The SMILES string of the molecule is CCCNCc1oc2c(C)ccc(Br)c2c1C. The van der Waals surface area contributed by atoms with Gasteiger partial charge in [0.15, 0.2) is 0 Å². The number of fused-ring (bicyclic) bond motifs is 1. The maximum Gasteiger partial charge on any atom is 0.138 e. The van der Waals surface area contributed by atoms with E-state index in [0.717, 1.165) is 35.3 Å². The monoisotopic (exact) mass is 295 g/mol. The summed E-state index contributed by atoms with van der Waals surface area (Å²) in [6.45, 7) is 8.20. The standard InChI is InChI=1S/C14H18BrNO/c1-4-7-16-8-12-10(3)13-11(15)6-5-9(2)14(13)17-12/h5-6,16H,4,7-8H2,1-3H3. The lowest BCUT2D eigenvalue weighted by Crippen LogP contribution is -2.13. The lowest BCUT2D eigenvalue weighted by molar-refractivity contribution is 0.509. The van der Waals surface area contributed by atoms with E-state index in [0.29, 0.717) is 0 Å². The van der Waals surface area contributed by atoms with Crippen LogP contribution in [0.2, 0.25) is 0 Å². The number of aryl methyl sites for hydroxylation is 2. The highest BCUT2D eigenvalue weighted by atomic mass is 79.9. The largest absolute Gasteiger partial charge is 0.459 e. The number of halogens is 1. The van der Waals surface area contributed by atoms with Crippen LogP contribution in [-0.4, -0.2) is 6.54 Å². The van der Waals surface area contributed by atoms with Crippen LogP contribution >= 0.6 is 15.9 Å². The summed E-state index contributed by atoms with van der Waals surface area (Å²) in [5.41, 5.74) is 3.43. The van der Waals surface area contributed by atoms with Crippen molar-refractivity contribution in [2.75, 3.05) is 6.54 Å². The minimum absolute atomic E-state index is 0.806. The Balaban J connectivity index is 2.42. The molecule has 1 aromatic heterocycles. The van der Waals surface area contributed by atoms with E-state index in [2.05, 4.69) is 54.2 Å². The summed E-state index contributed by atoms with van der Waals surface area (Å²) in [6.07, 6.45) is 1.14. The van der Waals surface area contributed by atoms with Gasteiger partial charge >= 0.3 is 0 Å². The molecule has 0 aliphatic rings. The van der Waals surface area contributed by atoms with E-state index in [9.17, 15) is 0 Å². The molecule has 2 aromatic rings. The Morgan fingerprint density at radius 3 is 2.71 bits per heavy atom. The molecule has 2 nitrogen and oxygen atoms in total. The summed E-state index contributed by atoms with van der Waals surface area (Å²) >= 11 is 3.60. The molecule has 0 bridgehead atoms. The van der Waals surface area contributed by atoms with Crippen molar-refractivity contribution in [2.24, 2.45) is 0 Å². The average Bonchev–Trinajstić information content (AvgIpc) is 2.64. The molecule has 0 aliphatic heterocycles. The lowest BCUT2D eigenvalue weighted by Gasteiger charge is -2.00. The molecule has 0 saturated carbocycles. The smallest absolute Gasteiger partial charge is 0.138 e. The molecule has 0 aliphatic carbocycles. The van der Waals surface area contributed by atoms with Gasteiger partial charge in [0.2, 0.25) is 0 Å². The summed E-state index contributed by atoms with van der Waals surface area (Å²) < 4.78 is 7.08. The van der Waals surface area contributed by atoms with Gasteiger partial charge in [-0.2, -0.15) is 0 Å². The van der Waals surface area contributed by atoms with Crippen molar-refractivity contribution in [3.05, 3.63) is 33.5 Å². The summed E-state index contributed by atoms with van der Waals surface area (Å²) in [6, 6.07) is 4.17. The second kappa shape index (κ2) is 5.23. The van der Waals surface area contributed by atoms with Crippen LogP contribution in [0.15, 0.2) is 21.0 Å². The fourth-order valence-electron chi connectivity index (χ4n) is 2.03. The van der Waals surface area contributed by atoms with Crippen LogP contribution in [0.5, 0.6) is 0 Å². The van der Waals surface area contributed by atoms with E-state index in [1.807, 2.05) is 0 Å². The number of benzene rings is 1. The molecule has 0 spiro atoms. The fraction of sp³-hybridized carbons (Fsp3) is 0.429. The van der Waals surface area contributed by atoms with Crippen molar-refractivity contribution in [1.29, 1.82) is 0 Å². The van der Waals surface area contributed by atoms with Gasteiger partial charge in [-0.3, -0.25) is 0 Å². The first kappa shape index (κ1) is 12.7. The highest BCUT2D eigenvalue weighted by molar-refractivity contribution is 9.10. The van der Waals surface area contributed by atoms with Crippen LogP contribution in [0, 0.1) is 13.8 Å². The number of rotatable bonds is 4. The zero-order valence-electron chi connectivity index (χ0n) is 10.6. The average molecular weight is 296 g/mol. The molecule has 3 heteroatoms. The van der Waals surface area contributed by atoms with E-state index in [1.165, 1.54) is 16.5 Å². The molecule has 0 radical (unpaired) electrons. The van der Waals surface area contributed by atoms with Gasteiger partial charge in [0.25, 0.3) is 0 Å². The summed E-state index contributed by atoms with van der Waals surface area (Å²) in [7, 11) is 0. The van der Waals surface area contributed by atoms with Gasteiger partial charge in [-0.1, -0.05) is 28.9 Å². The number of hydrogen-bond donors (Lipinski definition) is 1. The molecular weight excluding hydrogens is 278 g/mol. The molecule has 92 valence electrons. The molecule has 2 rings (SSSR count). The third-order valence-electron chi connectivity index (χ3n) is 3.03. The summed E-state index contributed by atoms with van der Waals surface area (Å²) in [4.78, 5) is 0. The quantitative estimate of drug-likeness (QED) is 0.850. The van der Waals surface area contributed by atoms with Gasteiger partial charge in [-0.05, 0) is 38.4 Å². The van der Waals surface area contributed by atoms with Gasteiger partial charge in [0, 0.05) is 15.4 Å². The second-order valence-corrected chi connectivity index (χ2v) is 5.25. The Hall–Kier alpha value is -0.800. The Labute approximate surface area is 111 Å². The second-order valence-electron chi connectivity index (χ2n) is 4.40. The predicted molar refractivity (Wildman–Crippen MR) is 75.4 cm³/mol. The maximum absolute atomic E-state index is 5.96. The van der Waals surface area contributed by atoms with Gasteiger partial charge < -0.3 is 9.73 Å². The third-order valence-corrected chi connectivity index (χ3v) is 3.70. The first-order valence-corrected chi connectivity index (χ1v) is 6.82. The lowest BCUT2D eigenvalue weighted by atomic mass is 10.1. The summed E-state index contributed by atoms with van der Waals surface area (Å²) in [5.74, 6) is 1.04. The highest BCUT2D eigenvalue weighted by Gasteiger charge is 2.14. The van der Waals surface area contributed by atoms with Crippen molar-refractivity contribution < 1.29 is 4.42 Å². The number of nitrogens with one attached hydrogen (secondary N) is 1. The van der Waals surface area contributed by atoms with E-state index < -0.39 is 0 Å². The molecule has 17 heavy (non-hydrogen) atoms. The van der Waals surface area contributed by atoms with Crippen molar-refractivity contribution in [3.8, 4) is 0 Å². The fourth-order valence-corrected chi connectivity index (χ4v) is 2.64. The number of furan rings is 1. The van der Waals surface area contributed by atoms with Crippen LogP contribution < -0.4 is 5.32 Å². The third kappa shape index (κ3) is 2.40. The van der Waals surface area contributed by atoms with Gasteiger partial charge in [0.1, 0.15) is 11.3 Å². The maximum atomic E-state index is 5.96. The first-order chi connectivity index (χ1) is 8.15. The van der Waals surface area contributed by atoms with E-state index in [4.69, 9.17) is 4.42 Å². The molecule has 0 saturated heterocycles. The topological polar surface area (TPSA) is 25.2 Å². The molecule has 0 atom stereocenters. The minimum Gasteiger partial charge on any atom is -0.459 e. The van der Waals surface area contributed by atoms with E-state index in [1.54, 1.807) is 0 Å². The van der Waals surface area contributed by atoms with Gasteiger partial charge in [-0.25, -0.2) is 0 Å². The molecule has 1 aromatic carbocycles. The Bertz CT molecular complexity index is 530. The first-order valence-electron chi connectivity index (χ1n) is 6.03. The molecular formula is C14H18BrNO. The van der Waals surface area contributed by atoms with Crippen LogP contribution in [0.25, 0.3) is 11.0 Å². The van der Waals surface area contributed by atoms with Crippen molar-refractivity contribution in [2.45, 2.75) is 33.7 Å². The molecule has 1 heterocycles. The van der Waals surface area contributed by atoms with Crippen molar-refractivity contribution in [3.63, 3.8) is 0 Å². The van der Waals surface area contributed by atoms with Crippen molar-refractivity contribution in [1.82, 2.24) is 5.32 Å². The van der Waals surface area contributed by atoms with Crippen molar-refractivity contribution >= 4 is 26.9 Å². The molecule has 1 N–H and O–H groups in total. The zero-order valence-corrected chi connectivity index (χ0v) is 12.1. The van der Waals surface area contributed by atoms with E-state index in [-0.39, 0.29) is 0 Å². The highest BCUT2D eigenvalue weighted by Crippen LogP contribution is 2.33. The molecule has 0 unspecified atom stereocenters. The Kier molecular flexibility index (Phi) is 3.89.